The van der Waals surface area contributed by atoms with Gasteiger partial charge in [0.25, 0.3) is 0 Å². The summed E-state index contributed by atoms with van der Waals surface area (Å²) in [4.78, 5) is 20.3. The highest BCUT2D eigenvalue weighted by Gasteiger charge is 2.30. The first kappa shape index (κ1) is 26.0. The molecule has 1 saturated heterocycles. The molecule has 3 aliphatic heterocycles. The van der Waals surface area contributed by atoms with Gasteiger partial charge in [0.2, 0.25) is 0 Å². The molecule has 35 heavy (non-hydrogen) atoms. The zero-order valence-electron chi connectivity index (χ0n) is 21.2. The first-order valence-corrected chi connectivity index (χ1v) is 13.5. The minimum Gasteiger partial charge on any atom is -0.463 e. The van der Waals surface area contributed by atoms with Crippen molar-refractivity contribution in [1.82, 2.24) is 14.9 Å². The van der Waals surface area contributed by atoms with Crippen molar-refractivity contribution in [3.05, 3.63) is 42.0 Å². The van der Waals surface area contributed by atoms with Crippen molar-refractivity contribution in [3.63, 3.8) is 0 Å². The summed E-state index contributed by atoms with van der Waals surface area (Å²) in [5.41, 5.74) is 8.19. The summed E-state index contributed by atoms with van der Waals surface area (Å²) in [6.45, 7) is 12.3. The number of hydrogen-bond acceptors (Lipinski definition) is 9. The molecular formula is C26H38N6O2S. The molecule has 0 aliphatic carbocycles. The van der Waals surface area contributed by atoms with Crippen molar-refractivity contribution in [3.8, 4) is 6.01 Å². The van der Waals surface area contributed by atoms with Crippen LogP contribution in [-0.4, -0.2) is 69.8 Å². The van der Waals surface area contributed by atoms with Crippen LogP contribution in [0.1, 0.15) is 52.3 Å². The Morgan fingerprint density at radius 3 is 2.83 bits per heavy atom. The van der Waals surface area contributed by atoms with E-state index in [2.05, 4.69) is 64.7 Å². The Bertz CT molecular complexity index is 970. The number of ether oxygens (including phenoxy) is 2. The molecule has 0 spiro atoms. The molecule has 0 aromatic carbocycles. The van der Waals surface area contributed by atoms with E-state index in [1.54, 1.807) is 18.0 Å². The van der Waals surface area contributed by atoms with Crippen molar-refractivity contribution >= 4 is 23.0 Å². The van der Waals surface area contributed by atoms with Crippen LogP contribution in [0.5, 0.6) is 6.01 Å². The quantitative estimate of drug-likeness (QED) is 0.487. The lowest BCUT2D eigenvalue weighted by Crippen LogP contribution is -2.46. The molecule has 1 fully saturated rings. The summed E-state index contributed by atoms with van der Waals surface area (Å²) in [5.74, 6) is 0.763. The first-order valence-electron chi connectivity index (χ1n) is 12.7. The maximum Gasteiger partial charge on any atom is 0.316 e. The number of nitrogens with two attached hydrogens (primary N) is 1. The van der Waals surface area contributed by atoms with E-state index >= 15 is 0 Å². The Balaban J connectivity index is 1.29. The van der Waals surface area contributed by atoms with Gasteiger partial charge in [0.15, 0.2) is 0 Å². The van der Waals surface area contributed by atoms with Gasteiger partial charge in [0.1, 0.15) is 0 Å². The topological polar surface area (TPSA) is 98.2 Å². The molecule has 0 radical (unpaired) electrons. The van der Waals surface area contributed by atoms with Gasteiger partial charge >= 0.3 is 6.01 Å². The second-order valence-corrected chi connectivity index (χ2v) is 11.0. The number of aromatic nitrogens is 2. The number of rotatable bonds is 10. The fourth-order valence-corrected chi connectivity index (χ4v) is 5.74. The largest absolute Gasteiger partial charge is 0.463 e. The molecule has 0 amide bonds. The monoisotopic (exact) mass is 498 g/mol. The molecular weight excluding hydrogens is 460 g/mol. The smallest absolute Gasteiger partial charge is 0.316 e. The second-order valence-electron chi connectivity index (χ2n) is 9.74. The fraction of sp³-hybridized carbons (Fsp3) is 0.615. The summed E-state index contributed by atoms with van der Waals surface area (Å²) in [5, 5.41) is 1.17. The third kappa shape index (κ3) is 7.22. The summed E-state index contributed by atoms with van der Waals surface area (Å²) < 4.78 is 11.8. The van der Waals surface area contributed by atoms with Gasteiger partial charge in [0, 0.05) is 50.6 Å². The molecule has 1 aromatic heterocycles. The van der Waals surface area contributed by atoms with E-state index in [0.717, 1.165) is 43.2 Å². The predicted molar refractivity (Wildman–Crippen MR) is 143 cm³/mol. The zero-order valence-corrected chi connectivity index (χ0v) is 22.0. The van der Waals surface area contributed by atoms with Crippen LogP contribution in [0.15, 0.2) is 46.3 Å². The van der Waals surface area contributed by atoms with Crippen molar-refractivity contribution in [2.75, 3.05) is 26.2 Å². The number of nitrogens with zero attached hydrogens (tertiary/aromatic N) is 5. The second kappa shape index (κ2) is 12.3. The lowest BCUT2D eigenvalue weighted by atomic mass is 10.0. The Labute approximate surface area is 213 Å². The van der Waals surface area contributed by atoms with E-state index in [4.69, 9.17) is 15.2 Å². The van der Waals surface area contributed by atoms with E-state index in [9.17, 15) is 0 Å². The highest BCUT2D eigenvalue weighted by Crippen LogP contribution is 2.37. The van der Waals surface area contributed by atoms with Crippen molar-refractivity contribution in [2.24, 2.45) is 27.6 Å². The average Bonchev–Trinajstić information content (AvgIpc) is 3.27. The van der Waals surface area contributed by atoms with Crippen LogP contribution in [0.2, 0.25) is 0 Å². The number of hydrogen-bond donors (Lipinski definition) is 1. The van der Waals surface area contributed by atoms with Gasteiger partial charge in [0.05, 0.1) is 46.5 Å². The molecule has 6 atom stereocenters. The first-order chi connectivity index (χ1) is 16.9. The van der Waals surface area contributed by atoms with Crippen molar-refractivity contribution < 1.29 is 9.47 Å². The van der Waals surface area contributed by atoms with Crippen LogP contribution in [0.25, 0.3) is 0 Å². The number of morpholine rings is 1. The molecule has 1 aromatic rings. The van der Waals surface area contributed by atoms with Crippen LogP contribution in [0.3, 0.4) is 0 Å². The summed E-state index contributed by atoms with van der Waals surface area (Å²) in [7, 11) is 0. The molecule has 2 N–H and O–H groups in total. The molecule has 4 heterocycles. The highest BCUT2D eigenvalue weighted by atomic mass is 32.2. The van der Waals surface area contributed by atoms with Crippen LogP contribution >= 0.6 is 11.8 Å². The van der Waals surface area contributed by atoms with Gasteiger partial charge < -0.3 is 15.2 Å². The average molecular weight is 499 g/mol. The normalized spacial score (nSPS) is 27.3. The molecule has 3 aliphatic rings. The Hall–Kier alpha value is -2.07. The van der Waals surface area contributed by atoms with E-state index in [1.807, 2.05) is 18.5 Å². The van der Waals surface area contributed by atoms with E-state index in [-0.39, 0.29) is 0 Å². The number of aliphatic imine (C=N–C) groups is 2. The van der Waals surface area contributed by atoms with Gasteiger partial charge in [-0.3, -0.25) is 9.89 Å². The zero-order chi connectivity index (χ0) is 24.8. The molecule has 8 nitrogen and oxygen atoms in total. The summed E-state index contributed by atoms with van der Waals surface area (Å²) in [6, 6.07) is 1.79. The van der Waals surface area contributed by atoms with Crippen LogP contribution < -0.4 is 10.5 Å². The Morgan fingerprint density at radius 2 is 2.09 bits per heavy atom. The molecule has 9 heteroatoms. The minimum absolute atomic E-state index is 0.296. The molecule has 6 unspecified atom stereocenters. The number of thioether (sulfide) groups is 1. The van der Waals surface area contributed by atoms with Crippen LogP contribution in [-0.2, 0) is 4.74 Å². The summed E-state index contributed by atoms with van der Waals surface area (Å²) in [6.07, 6.45) is 12.5. The minimum atomic E-state index is -0.398. The van der Waals surface area contributed by atoms with E-state index < -0.39 is 6.04 Å². The van der Waals surface area contributed by atoms with Crippen LogP contribution in [0.4, 0.5) is 0 Å². The predicted octanol–water partition coefficient (Wildman–Crippen LogP) is 4.01. The summed E-state index contributed by atoms with van der Waals surface area (Å²) >= 11 is 1.69. The van der Waals surface area contributed by atoms with Crippen molar-refractivity contribution in [2.45, 2.75) is 64.0 Å². The molecule has 0 saturated carbocycles. The standard InChI is InChI=1S/C26H38N6O2S/c1-5-20(7-6-17(2)13-32-14-18(3)34-19(4)15-32)16-33-26-29-11-8-21(31-26)24(27)25-30-22-12-28-10-9-23(22)35-25/h6-8,10-12,17-20,23-24H,5,9,13-16,27H2,1-4H3. The molecule has 190 valence electrons. The van der Waals surface area contributed by atoms with Crippen molar-refractivity contribution in [1.29, 1.82) is 0 Å². The molecule has 4 rings (SSSR count). The SMILES string of the molecule is CCC(C=CC(C)CN1CC(C)OC(C)C1)COc1nccc(C(N)C2=NC3=CN=CCC3S2)n1. The van der Waals surface area contributed by atoms with E-state index in [0.29, 0.717) is 47.6 Å². The van der Waals surface area contributed by atoms with Crippen LogP contribution in [0, 0.1) is 11.8 Å². The third-order valence-electron chi connectivity index (χ3n) is 6.41. The van der Waals surface area contributed by atoms with Gasteiger partial charge in [-0.1, -0.05) is 37.8 Å². The maximum absolute atomic E-state index is 6.49. The Kier molecular flexibility index (Phi) is 9.10. The maximum atomic E-state index is 6.49. The van der Waals surface area contributed by atoms with Gasteiger partial charge in [-0.05, 0) is 32.3 Å². The molecule has 0 bridgehead atoms. The lowest BCUT2D eigenvalue weighted by Gasteiger charge is -2.36. The Morgan fingerprint density at radius 1 is 1.29 bits per heavy atom. The van der Waals surface area contributed by atoms with Gasteiger partial charge in [-0.25, -0.2) is 9.98 Å². The van der Waals surface area contributed by atoms with E-state index in [1.165, 1.54) is 0 Å². The number of fused-ring (bicyclic) bond motifs is 1. The highest BCUT2D eigenvalue weighted by molar-refractivity contribution is 8.15. The third-order valence-corrected chi connectivity index (χ3v) is 7.71. The lowest BCUT2D eigenvalue weighted by molar-refractivity contribution is -0.0697. The van der Waals surface area contributed by atoms with Gasteiger partial charge in [-0.2, -0.15) is 4.98 Å². The fourth-order valence-electron chi connectivity index (χ4n) is 4.60. The van der Waals surface area contributed by atoms with Gasteiger partial charge in [-0.15, -0.1) is 0 Å².